The van der Waals surface area contributed by atoms with Crippen LogP contribution in [0.15, 0.2) is 48.7 Å². The molecule has 2 heterocycles. The van der Waals surface area contributed by atoms with Gasteiger partial charge in [-0.15, -0.1) is 11.3 Å². The summed E-state index contributed by atoms with van der Waals surface area (Å²) in [6.07, 6.45) is 4.39. The van der Waals surface area contributed by atoms with Crippen molar-refractivity contribution in [2.45, 2.75) is 99.2 Å². The first-order chi connectivity index (χ1) is 18.1. The van der Waals surface area contributed by atoms with E-state index >= 15 is 0 Å². The second kappa shape index (κ2) is 12.0. The first kappa shape index (κ1) is 29.0. The summed E-state index contributed by atoms with van der Waals surface area (Å²) in [5.74, 6) is 2.75. The Balaban J connectivity index is 1.98. The molecule has 0 aliphatic heterocycles. The fourth-order valence-corrected chi connectivity index (χ4v) is 16.9. The molecule has 0 bridgehead atoms. The fraction of sp³-hybridized carbons (Fsp3) is 0.514. The van der Waals surface area contributed by atoms with E-state index in [0.29, 0.717) is 5.92 Å². The molecule has 0 aliphatic carbocycles. The van der Waals surface area contributed by atoms with Crippen molar-refractivity contribution in [3.8, 4) is 11.3 Å². The molecule has 0 unspecified atom stereocenters. The van der Waals surface area contributed by atoms with Gasteiger partial charge in [-0.05, 0) is 93.4 Å². The van der Waals surface area contributed by atoms with Crippen LogP contribution in [0, 0.1) is 24.7 Å². The molecular formula is C35H49NSSi. The summed E-state index contributed by atoms with van der Waals surface area (Å²) in [7, 11) is -1.71. The van der Waals surface area contributed by atoms with Gasteiger partial charge in [0.25, 0.3) is 0 Å². The van der Waals surface area contributed by atoms with Gasteiger partial charge in [-0.3, -0.25) is 4.98 Å². The van der Waals surface area contributed by atoms with Crippen LogP contribution in [0.2, 0.25) is 18.1 Å². The number of nitrogens with zero attached hydrogens (tertiary/aromatic N) is 1. The second-order valence-electron chi connectivity index (χ2n) is 13.0. The van der Waals surface area contributed by atoms with Crippen LogP contribution in [0.3, 0.4) is 0 Å². The number of hydrogen-bond acceptors (Lipinski definition) is 2. The van der Waals surface area contributed by atoms with E-state index in [2.05, 4.69) is 122 Å². The fourth-order valence-electron chi connectivity index (χ4n) is 7.28. The van der Waals surface area contributed by atoms with Crippen LogP contribution in [-0.2, 0) is 0 Å². The Morgan fingerprint density at radius 3 is 1.97 bits per heavy atom. The quantitative estimate of drug-likeness (QED) is 0.171. The molecule has 0 fully saturated rings. The van der Waals surface area contributed by atoms with Crippen molar-refractivity contribution in [1.82, 2.24) is 4.98 Å². The number of thiophene rings is 1. The van der Waals surface area contributed by atoms with E-state index in [-0.39, 0.29) is 0 Å². The summed E-state index contributed by atoms with van der Waals surface area (Å²) in [5, 5.41) is 4.17. The van der Waals surface area contributed by atoms with Crippen molar-refractivity contribution < 1.29 is 0 Å². The van der Waals surface area contributed by atoms with E-state index in [9.17, 15) is 0 Å². The maximum atomic E-state index is 5.08. The predicted molar refractivity (Wildman–Crippen MR) is 175 cm³/mol. The summed E-state index contributed by atoms with van der Waals surface area (Å²) in [4.78, 5) is 5.08. The highest BCUT2D eigenvalue weighted by molar-refractivity contribution is 7.32. The molecule has 0 saturated heterocycles. The molecule has 0 amide bonds. The third-order valence-corrected chi connectivity index (χ3v) is 17.2. The van der Waals surface area contributed by atoms with Gasteiger partial charge in [-0.2, -0.15) is 0 Å². The summed E-state index contributed by atoms with van der Waals surface area (Å²) < 4.78 is 3.15. The number of benzene rings is 2. The van der Waals surface area contributed by atoms with Crippen LogP contribution < -0.4 is 4.50 Å². The lowest BCUT2D eigenvalue weighted by molar-refractivity contribution is 0.647. The lowest BCUT2D eigenvalue weighted by Crippen LogP contribution is -2.50. The molecular weight excluding hydrogens is 495 g/mol. The maximum absolute atomic E-state index is 5.08. The van der Waals surface area contributed by atoms with Crippen molar-refractivity contribution in [1.29, 1.82) is 0 Å². The number of rotatable bonds is 11. The van der Waals surface area contributed by atoms with Crippen molar-refractivity contribution in [3.05, 3.63) is 59.8 Å². The largest absolute Gasteiger partial charge is 0.255 e. The van der Waals surface area contributed by atoms with Gasteiger partial charge < -0.3 is 0 Å². The standard InChI is InChI=1S/C35H49NSSi/c1-10-27(11-2)32-19-29(18-28-14-12-13-15-31(28)32)33-34-30(16-17-36-33)26(9)35(37-34)38(20-23(3)4,21-24(5)6)22-25(7)8/h12-19,23-25,27H,10-11,20-22H2,1-9H3. The van der Waals surface area contributed by atoms with Gasteiger partial charge in [0, 0.05) is 11.8 Å². The number of aryl methyl sites for hydroxylation is 1. The highest BCUT2D eigenvalue weighted by Gasteiger charge is 2.40. The number of aromatic nitrogens is 1. The molecule has 0 aliphatic rings. The third-order valence-electron chi connectivity index (χ3n) is 8.32. The average molecular weight is 544 g/mol. The first-order valence-corrected chi connectivity index (χ1v) is 18.5. The minimum absolute atomic E-state index is 0.572. The first-order valence-electron chi connectivity index (χ1n) is 15.0. The maximum Gasteiger partial charge on any atom is 0.101 e. The molecule has 0 saturated carbocycles. The molecule has 38 heavy (non-hydrogen) atoms. The second-order valence-corrected chi connectivity index (χ2v) is 18.6. The van der Waals surface area contributed by atoms with Gasteiger partial charge in [-0.25, -0.2) is 0 Å². The average Bonchev–Trinajstić information content (AvgIpc) is 3.20. The van der Waals surface area contributed by atoms with E-state index < -0.39 is 8.07 Å². The minimum Gasteiger partial charge on any atom is -0.255 e. The third kappa shape index (κ3) is 5.80. The predicted octanol–water partition coefficient (Wildman–Crippen LogP) is 11.0. The van der Waals surface area contributed by atoms with Crippen LogP contribution >= 0.6 is 11.3 Å². The zero-order valence-electron chi connectivity index (χ0n) is 25.3. The van der Waals surface area contributed by atoms with Gasteiger partial charge in [0.2, 0.25) is 0 Å². The van der Waals surface area contributed by atoms with Crippen LogP contribution in [0.25, 0.3) is 32.1 Å². The van der Waals surface area contributed by atoms with E-state index in [4.69, 9.17) is 4.98 Å². The van der Waals surface area contributed by atoms with Gasteiger partial charge in [0.15, 0.2) is 0 Å². The Labute approximate surface area is 237 Å². The van der Waals surface area contributed by atoms with Crippen LogP contribution in [0.4, 0.5) is 0 Å². The van der Waals surface area contributed by atoms with Crippen molar-refractivity contribution >= 4 is 44.8 Å². The van der Waals surface area contributed by atoms with Gasteiger partial charge >= 0.3 is 0 Å². The van der Waals surface area contributed by atoms with Crippen molar-refractivity contribution in [2.24, 2.45) is 17.8 Å². The Hall–Kier alpha value is -1.97. The zero-order valence-corrected chi connectivity index (χ0v) is 27.1. The summed E-state index contributed by atoms with van der Waals surface area (Å²) in [6.45, 7) is 21.7. The van der Waals surface area contributed by atoms with Crippen molar-refractivity contribution in [3.63, 3.8) is 0 Å². The molecule has 0 N–H and O–H groups in total. The zero-order chi connectivity index (χ0) is 27.6. The molecule has 0 radical (unpaired) electrons. The lowest BCUT2D eigenvalue weighted by Gasteiger charge is -2.36. The topological polar surface area (TPSA) is 12.9 Å². The van der Waals surface area contributed by atoms with E-state index in [1.165, 1.54) is 55.8 Å². The van der Waals surface area contributed by atoms with Gasteiger partial charge in [0.1, 0.15) is 8.07 Å². The van der Waals surface area contributed by atoms with Gasteiger partial charge in [-0.1, -0.05) is 97.8 Å². The Bertz CT molecular complexity index is 1350. The highest BCUT2D eigenvalue weighted by Crippen LogP contribution is 2.41. The molecule has 0 spiro atoms. The molecule has 1 nitrogen and oxygen atoms in total. The molecule has 0 atom stereocenters. The monoisotopic (exact) mass is 543 g/mol. The summed E-state index contributed by atoms with van der Waals surface area (Å²) in [6, 6.07) is 20.2. The SMILES string of the molecule is CCC(CC)c1cc(-c2nccc3c(C)c([Si](CC(C)C)(CC(C)C)CC(C)C)sc23)cc2ccccc12. The number of fused-ring (bicyclic) bond motifs is 2. The van der Waals surface area contributed by atoms with Crippen molar-refractivity contribution in [2.75, 3.05) is 0 Å². The molecule has 2 aromatic heterocycles. The van der Waals surface area contributed by atoms with Gasteiger partial charge in [0.05, 0.1) is 10.4 Å². The Kier molecular flexibility index (Phi) is 9.20. The smallest absolute Gasteiger partial charge is 0.101 e. The van der Waals surface area contributed by atoms with E-state index in [1.54, 1.807) is 10.1 Å². The Morgan fingerprint density at radius 2 is 1.39 bits per heavy atom. The molecule has 4 rings (SSSR count). The highest BCUT2D eigenvalue weighted by atomic mass is 32.1. The van der Waals surface area contributed by atoms with Crippen LogP contribution in [-0.4, -0.2) is 13.1 Å². The molecule has 2 aromatic carbocycles. The number of hydrogen-bond donors (Lipinski definition) is 0. The molecule has 204 valence electrons. The molecule has 3 heteroatoms. The van der Waals surface area contributed by atoms with Crippen LogP contribution in [0.5, 0.6) is 0 Å². The van der Waals surface area contributed by atoms with E-state index in [0.717, 1.165) is 30.6 Å². The Morgan fingerprint density at radius 1 is 0.789 bits per heavy atom. The normalized spacial score (nSPS) is 12.8. The van der Waals surface area contributed by atoms with Crippen LogP contribution in [0.1, 0.15) is 85.3 Å². The van der Waals surface area contributed by atoms with E-state index in [1.807, 2.05) is 0 Å². The number of pyridine rings is 1. The summed E-state index contributed by atoms with van der Waals surface area (Å²) in [5.41, 5.74) is 5.50. The molecule has 4 aromatic rings. The summed E-state index contributed by atoms with van der Waals surface area (Å²) >= 11 is 2.11. The minimum atomic E-state index is -1.71. The lowest BCUT2D eigenvalue weighted by atomic mass is 9.87.